The van der Waals surface area contributed by atoms with E-state index < -0.39 is 15.8 Å². The van der Waals surface area contributed by atoms with Crippen LogP contribution in [-0.2, 0) is 14.9 Å². The predicted octanol–water partition coefficient (Wildman–Crippen LogP) is 0.479. The first-order valence-electron chi connectivity index (χ1n) is 5.15. The largest absolute Gasteiger partial charge is 0.300 e. The molecule has 5 nitrogen and oxygen atoms in total. The molecule has 17 heavy (non-hydrogen) atoms. The highest BCUT2D eigenvalue weighted by molar-refractivity contribution is 7.89. The van der Waals surface area contributed by atoms with Crippen molar-refractivity contribution in [2.24, 2.45) is 5.90 Å². The third-order valence-corrected chi connectivity index (χ3v) is 4.63. The van der Waals surface area contributed by atoms with Crippen molar-refractivity contribution in [3.63, 3.8) is 0 Å². The third-order valence-electron chi connectivity index (χ3n) is 2.75. The number of nitrogens with zero attached hydrogens (tertiary/aromatic N) is 1. The average Bonchev–Trinajstić information content (AvgIpc) is 2.78. The molecule has 1 atom stereocenters. The van der Waals surface area contributed by atoms with Gasteiger partial charge in [0.15, 0.2) is 0 Å². The van der Waals surface area contributed by atoms with Gasteiger partial charge in [0.25, 0.3) is 0 Å². The summed E-state index contributed by atoms with van der Waals surface area (Å²) < 4.78 is 38.2. The number of halogens is 1. The number of benzene rings is 1. The van der Waals surface area contributed by atoms with Crippen LogP contribution in [0, 0.1) is 5.82 Å². The molecule has 0 radical (unpaired) electrons. The molecule has 1 aliphatic heterocycles. The molecule has 2 rings (SSSR count). The van der Waals surface area contributed by atoms with Crippen LogP contribution in [0.15, 0.2) is 29.2 Å². The van der Waals surface area contributed by atoms with Crippen molar-refractivity contribution >= 4 is 10.0 Å². The highest BCUT2D eigenvalue weighted by atomic mass is 32.2. The molecule has 0 saturated carbocycles. The second kappa shape index (κ2) is 4.69. The molecule has 7 heteroatoms. The van der Waals surface area contributed by atoms with Gasteiger partial charge in [-0.3, -0.25) is 4.84 Å². The molecule has 0 aromatic heterocycles. The van der Waals surface area contributed by atoms with Gasteiger partial charge in [-0.25, -0.2) is 18.7 Å². The summed E-state index contributed by atoms with van der Waals surface area (Å²) >= 11 is 0. The summed E-state index contributed by atoms with van der Waals surface area (Å²) in [5.41, 5.74) is 0. The lowest BCUT2D eigenvalue weighted by molar-refractivity contribution is 0.0642. The molecule has 0 aliphatic carbocycles. The van der Waals surface area contributed by atoms with Gasteiger partial charge in [0.05, 0.1) is 11.0 Å². The maximum absolute atomic E-state index is 12.7. The molecule has 0 bridgehead atoms. The van der Waals surface area contributed by atoms with E-state index in [0.29, 0.717) is 13.0 Å². The lowest BCUT2D eigenvalue weighted by Gasteiger charge is -2.15. The summed E-state index contributed by atoms with van der Waals surface area (Å²) in [6.07, 6.45) is 0.293. The van der Waals surface area contributed by atoms with Crippen molar-refractivity contribution < 1.29 is 17.6 Å². The zero-order valence-corrected chi connectivity index (χ0v) is 9.86. The van der Waals surface area contributed by atoms with E-state index in [4.69, 9.17) is 5.90 Å². The second-order valence-corrected chi connectivity index (χ2v) is 5.80. The fourth-order valence-electron chi connectivity index (χ4n) is 1.78. The summed E-state index contributed by atoms with van der Waals surface area (Å²) in [7, 11) is -3.57. The maximum Gasteiger partial charge on any atom is 0.243 e. The molecular formula is C10H13FN2O3S. The summed E-state index contributed by atoms with van der Waals surface area (Å²) in [5.74, 6) is 4.56. The van der Waals surface area contributed by atoms with Crippen LogP contribution in [-0.4, -0.2) is 31.9 Å². The lowest BCUT2D eigenvalue weighted by Crippen LogP contribution is -2.30. The Labute approximate surface area is 99.0 Å². The number of sulfonamides is 1. The highest BCUT2D eigenvalue weighted by Crippen LogP contribution is 2.21. The van der Waals surface area contributed by atoms with Crippen LogP contribution in [0.2, 0.25) is 0 Å². The van der Waals surface area contributed by atoms with Crippen LogP contribution in [0.5, 0.6) is 0 Å². The first-order valence-corrected chi connectivity index (χ1v) is 6.59. The Hall–Kier alpha value is -1.02. The van der Waals surface area contributed by atoms with Gasteiger partial charge in [-0.2, -0.15) is 4.31 Å². The smallest absolute Gasteiger partial charge is 0.243 e. The van der Waals surface area contributed by atoms with Crippen molar-refractivity contribution in [2.45, 2.75) is 17.4 Å². The van der Waals surface area contributed by atoms with Gasteiger partial charge in [0, 0.05) is 13.1 Å². The van der Waals surface area contributed by atoms with E-state index in [2.05, 4.69) is 4.84 Å². The van der Waals surface area contributed by atoms with Crippen LogP contribution >= 0.6 is 0 Å². The standard InChI is InChI=1S/C10H13FN2O3S/c11-8-1-3-10(4-2-8)17(14,15)13-6-5-9(7-13)16-12/h1-4,9H,5-7,12H2. The van der Waals surface area contributed by atoms with Crippen molar-refractivity contribution in [1.29, 1.82) is 0 Å². The fraction of sp³-hybridized carbons (Fsp3) is 0.400. The van der Waals surface area contributed by atoms with Crippen molar-refractivity contribution in [2.75, 3.05) is 13.1 Å². The Morgan fingerprint density at radius 3 is 2.53 bits per heavy atom. The molecule has 1 unspecified atom stereocenters. The Balaban J connectivity index is 2.22. The van der Waals surface area contributed by atoms with E-state index in [-0.39, 0.29) is 17.5 Å². The van der Waals surface area contributed by atoms with Gasteiger partial charge in [-0.05, 0) is 30.7 Å². The molecule has 1 aromatic rings. The summed E-state index contributed by atoms with van der Waals surface area (Å²) in [4.78, 5) is 4.71. The minimum atomic E-state index is -3.57. The van der Waals surface area contributed by atoms with E-state index >= 15 is 0 Å². The van der Waals surface area contributed by atoms with E-state index in [1.54, 1.807) is 0 Å². The van der Waals surface area contributed by atoms with Gasteiger partial charge >= 0.3 is 0 Å². The zero-order valence-electron chi connectivity index (χ0n) is 9.04. The predicted molar refractivity (Wildman–Crippen MR) is 58.8 cm³/mol. The average molecular weight is 260 g/mol. The summed E-state index contributed by atoms with van der Waals surface area (Å²) in [6, 6.07) is 4.75. The molecule has 1 aliphatic rings. The Kier molecular flexibility index (Phi) is 3.43. The summed E-state index contributed by atoms with van der Waals surface area (Å²) in [5, 5.41) is 0. The highest BCUT2D eigenvalue weighted by Gasteiger charge is 2.32. The third kappa shape index (κ3) is 2.47. The number of nitrogens with two attached hydrogens (primary N) is 1. The topological polar surface area (TPSA) is 72.6 Å². The van der Waals surface area contributed by atoms with Crippen LogP contribution in [0.1, 0.15) is 6.42 Å². The monoisotopic (exact) mass is 260 g/mol. The number of hydrogen-bond donors (Lipinski definition) is 1. The minimum absolute atomic E-state index is 0.0802. The molecule has 2 N–H and O–H groups in total. The molecule has 1 aromatic carbocycles. The van der Waals surface area contributed by atoms with E-state index in [0.717, 1.165) is 12.1 Å². The SMILES string of the molecule is NOC1CCN(S(=O)(=O)c2ccc(F)cc2)C1. The van der Waals surface area contributed by atoms with Crippen molar-refractivity contribution in [1.82, 2.24) is 4.31 Å². The molecular weight excluding hydrogens is 247 g/mol. The maximum atomic E-state index is 12.7. The molecule has 0 amide bonds. The van der Waals surface area contributed by atoms with Gasteiger partial charge in [-0.1, -0.05) is 0 Å². The molecule has 1 fully saturated rings. The molecule has 1 heterocycles. The van der Waals surface area contributed by atoms with Crippen LogP contribution in [0.3, 0.4) is 0 Å². The second-order valence-electron chi connectivity index (χ2n) is 3.86. The Bertz CT molecular complexity index is 489. The van der Waals surface area contributed by atoms with Crippen LogP contribution in [0.4, 0.5) is 4.39 Å². The molecule has 1 saturated heterocycles. The minimum Gasteiger partial charge on any atom is -0.300 e. The number of rotatable bonds is 3. The fourth-order valence-corrected chi connectivity index (χ4v) is 3.27. The lowest BCUT2D eigenvalue weighted by atomic mass is 10.3. The first kappa shape index (κ1) is 12.4. The van der Waals surface area contributed by atoms with Crippen molar-refractivity contribution in [3.8, 4) is 0 Å². The number of hydrogen-bond acceptors (Lipinski definition) is 4. The van der Waals surface area contributed by atoms with E-state index in [1.165, 1.54) is 16.4 Å². The first-order chi connectivity index (χ1) is 8.04. The van der Waals surface area contributed by atoms with Gasteiger partial charge < -0.3 is 0 Å². The van der Waals surface area contributed by atoms with Crippen LogP contribution in [0.25, 0.3) is 0 Å². The van der Waals surface area contributed by atoms with Gasteiger partial charge in [0.1, 0.15) is 5.82 Å². The Morgan fingerprint density at radius 2 is 2.00 bits per heavy atom. The quantitative estimate of drug-likeness (QED) is 0.802. The van der Waals surface area contributed by atoms with Gasteiger partial charge in [-0.15, -0.1) is 0 Å². The van der Waals surface area contributed by atoms with E-state index in [1.807, 2.05) is 0 Å². The van der Waals surface area contributed by atoms with E-state index in [9.17, 15) is 12.8 Å². The zero-order chi connectivity index (χ0) is 12.5. The Morgan fingerprint density at radius 1 is 1.35 bits per heavy atom. The van der Waals surface area contributed by atoms with Crippen molar-refractivity contribution in [3.05, 3.63) is 30.1 Å². The summed E-state index contributed by atoms with van der Waals surface area (Å²) in [6.45, 7) is 0.595. The van der Waals surface area contributed by atoms with Crippen LogP contribution < -0.4 is 5.90 Å². The van der Waals surface area contributed by atoms with Gasteiger partial charge in [0.2, 0.25) is 10.0 Å². The normalized spacial score (nSPS) is 21.9. The molecule has 0 spiro atoms. The molecule has 94 valence electrons.